The maximum atomic E-state index is 11.9. The van der Waals surface area contributed by atoms with E-state index < -0.39 is 23.6 Å². The third-order valence-electron chi connectivity index (χ3n) is 4.84. The molecule has 0 radical (unpaired) electrons. The van der Waals surface area contributed by atoms with Crippen molar-refractivity contribution in [3.05, 3.63) is 47.5 Å². The Labute approximate surface area is 219 Å². The fourth-order valence-electron chi connectivity index (χ4n) is 2.71. The first kappa shape index (κ1) is 31.5. The molecule has 0 aromatic heterocycles. The van der Waals surface area contributed by atoms with Gasteiger partial charge in [-0.05, 0) is 64.5 Å². The highest BCUT2D eigenvalue weighted by molar-refractivity contribution is 5.86. The summed E-state index contributed by atoms with van der Waals surface area (Å²) < 4.78 is 20.4. The molecule has 10 heteroatoms. The van der Waals surface area contributed by atoms with Gasteiger partial charge < -0.3 is 29.6 Å². The molecule has 0 spiro atoms. The molecule has 206 valence electrons. The maximum Gasteiger partial charge on any atom is 0.407 e. The molecule has 0 saturated carbocycles. The van der Waals surface area contributed by atoms with Crippen molar-refractivity contribution in [3.63, 3.8) is 0 Å². The van der Waals surface area contributed by atoms with Crippen LogP contribution in [0.4, 0.5) is 9.59 Å². The number of esters is 2. The Morgan fingerprint density at radius 2 is 1.19 bits per heavy atom. The number of unbranched alkanes of at least 4 members (excludes halogenated alkanes) is 2. The Bertz CT molecular complexity index is 908. The molecule has 0 aliphatic heterocycles. The summed E-state index contributed by atoms with van der Waals surface area (Å²) in [5.41, 5.74) is 1.52. The smallest absolute Gasteiger partial charge is 0.407 e. The Hall–Kier alpha value is -3.56. The molecule has 1 aromatic rings. The molecule has 10 nitrogen and oxygen atoms in total. The fourth-order valence-corrected chi connectivity index (χ4v) is 2.71. The van der Waals surface area contributed by atoms with E-state index in [2.05, 4.69) is 17.2 Å². The summed E-state index contributed by atoms with van der Waals surface area (Å²) in [6.07, 6.45) is 1.27. The molecule has 0 unspecified atom stereocenters. The van der Waals surface area contributed by atoms with E-state index in [-0.39, 0.29) is 38.9 Å². The zero-order valence-electron chi connectivity index (χ0n) is 22.4. The largest absolute Gasteiger partial charge is 0.465 e. The van der Waals surface area contributed by atoms with Crippen LogP contribution in [0.15, 0.2) is 36.4 Å². The number of rotatable bonds is 15. The molecule has 0 bridgehead atoms. The first-order valence-corrected chi connectivity index (χ1v) is 12.4. The van der Waals surface area contributed by atoms with Gasteiger partial charge in [-0.25, -0.2) is 14.4 Å². The van der Waals surface area contributed by atoms with Gasteiger partial charge in [0.1, 0.15) is 0 Å². The molecule has 0 saturated heterocycles. The van der Waals surface area contributed by atoms with Gasteiger partial charge in [0.25, 0.3) is 0 Å². The number of ether oxygens (including phenoxy) is 4. The van der Waals surface area contributed by atoms with Crippen LogP contribution in [0.1, 0.15) is 64.5 Å². The van der Waals surface area contributed by atoms with E-state index in [9.17, 15) is 19.2 Å². The van der Waals surface area contributed by atoms with Gasteiger partial charge in [0.15, 0.2) is 0 Å². The Kier molecular flexibility index (Phi) is 14.5. The molecule has 2 amide bonds. The van der Waals surface area contributed by atoms with Crippen LogP contribution in [-0.4, -0.2) is 50.6 Å². The number of nitrogens with one attached hydrogen (secondary N) is 2. The summed E-state index contributed by atoms with van der Waals surface area (Å²) in [4.78, 5) is 46.7. The molecule has 1 rings (SSSR count). The first-order chi connectivity index (χ1) is 17.5. The van der Waals surface area contributed by atoms with E-state index in [0.29, 0.717) is 37.9 Å². The van der Waals surface area contributed by atoms with E-state index in [1.54, 1.807) is 27.7 Å². The predicted octanol–water partition coefficient (Wildman–Crippen LogP) is 4.41. The summed E-state index contributed by atoms with van der Waals surface area (Å²) >= 11 is 0. The van der Waals surface area contributed by atoms with Crippen LogP contribution in [0.25, 0.3) is 0 Å². The quantitative estimate of drug-likeness (QED) is 0.151. The van der Waals surface area contributed by atoms with Gasteiger partial charge in [0.05, 0.1) is 31.8 Å². The average molecular weight is 521 g/mol. The molecule has 0 aliphatic carbocycles. The number of alkyl carbamates (subject to hydrolysis) is 2. The average Bonchev–Trinajstić information content (AvgIpc) is 2.84. The summed E-state index contributed by atoms with van der Waals surface area (Å²) in [5, 5.41) is 5.36. The molecule has 1 aromatic carbocycles. The number of amides is 2. The van der Waals surface area contributed by atoms with Crippen LogP contribution in [-0.2, 0) is 41.6 Å². The SMILES string of the molecule is C=C(C)C(=O)OCCCCOC(=O)NCc1cccc(CNC(=O)OCCCCOC(=O)C(C)(C)C)c1. The fraction of sp³-hybridized carbons (Fsp3) is 0.556. The van der Waals surface area contributed by atoms with E-state index in [4.69, 9.17) is 18.9 Å². The van der Waals surface area contributed by atoms with E-state index in [1.165, 1.54) is 0 Å². The van der Waals surface area contributed by atoms with Crippen molar-refractivity contribution in [1.82, 2.24) is 10.6 Å². The monoisotopic (exact) mass is 520 g/mol. The number of hydrogen-bond acceptors (Lipinski definition) is 8. The maximum absolute atomic E-state index is 11.9. The minimum Gasteiger partial charge on any atom is -0.465 e. The van der Waals surface area contributed by atoms with E-state index in [1.807, 2.05) is 24.3 Å². The second-order valence-electron chi connectivity index (χ2n) is 9.52. The van der Waals surface area contributed by atoms with Crippen LogP contribution in [0.3, 0.4) is 0 Å². The lowest BCUT2D eigenvalue weighted by Crippen LogP contribution is -2.25. The van der Waals surface area contributed by atoms with Gasteiger partial charge in [0, 0.05) is 18.7 Å². The van der Waals surface area contributed by atoms with Crippen molar-refractivity contribution in [2.75, 3.05) is 26.4 Å². The molecular weight excluding hydrogens is 480 g/mol. The highest BCUT2D eigenvalue weighted by Crippen LogP contribution is 2.15. The lowest BCUT2D eigenvalue weighted by Gasteiger charge is -2.16. The topological polar surface area (TPSA) is 129 Å². The van der Waals surface area contributed by atoms with Crippen molar-refractivity contribution >= 4 is 24.1 Å². The van der Waals surface area contributed by atoms with Gasteiger partial charge >= 0.3 is 24.1 Å². The number of carbonyl (C=O) groups excluding carboxylic acids is 4. The van der Waals surface area contributed by atoms with Crippen molar-refractivity contribution in [2.45, 2.75) is 66.5 Å². The van der Waals surface area contributed by atoms with Crippen LogP contribution < -0.4 is 10.6 Å². The zero-order valence-corrected chi connectivity index (χ0v) is 22.4. The van der Waals surface area contributed by atoms with Crippen LogP contribution in [0.2, 0.25) is 0 Å². The summed E-state index contributed by atoms with van der Waals surface area (Å²) in [6, 6.07) is 7.40. The first-order valence-electron chi connectivity index (χ1n) is 12.4. The third kappa shape index (κ3) is 15.2. The lowest BCUT2D eigenvalue weighted by molar-refractivity contribution is -0.153. The van der Waals surface area contributed by atoms with Gasteiger partial charge in [-0.1, -0.05) is 30.8 Å². The van der Waals surface area contributed by atoms with Crippen molar-refractivity contribution in [1.29, 1.82) is 0 Å². The molecule has 0 fully saturated rings. The van der Waals surface area contributed by atoms with Gasteiger partial charge in [-0.15, -0.1) is 0 Å². The standard InChI is InChI=1S/C27H40N2O8/c1-20(2)23(30)34-13-6-8-15-36-25(32)28-18-21-11-10-12-22(17-21)19-29-26(33)37-16-9-7-14-35-24(31)27(3,4)5/h10-12,17H,1,6-9,13-16,18-19H2,2-5H3,(H,28,32)(H,29,33). The number of hydrogen-bond donors (Lipinski definition) is 2. The summed E-state index contributed by atoms with van der Waals surface area (Å²) in [7, 11) is 0. The van der Waals surface area contributed by atoms with Crippen molar-refractivity contribution in [3.8, 4) is 0 Å². The molecule has 0 heterocycles. The van der Waals surface area contributed by atoms with E-state index in [0.717, 1.165) is 11.1 Å². The van der Waals surface area contributed by atoms with Crippen LogP contribution >= 0.6 is 0 Å². The number of benzene rings is 1. The lowest BCUT2D eigenvalue weighted by atomic mass is 9.97. The highest BCUT2D eigenvalue weighted by Gasteiger charge is 2.22. The van der Waals surface area contributed by atoms with Crippen molar-refractivity contribution < 1.29 is 38.1 Å². The normalized spacial score (nSPS) is 10.7. The minimum atomic E-state index is -0.542. The molecule has 0 atom stereocenters. The Morgan fingerprint density at radius 3 is 1.62 bits per heavy atom. The van der Waals surface area contributed by atoms with Crippen LogP contribution in [0.5, 0.6) is 0 Å². The molecule has 0 aliphatic rings. The summed E-state index contributed by atoms with van der Waals surface area (Å²) in [5.74, 6) is -0.683. The highest BCUT2D eigenvalue weighted by atomic mass is 16.6. The molecule has 2 N–H and O–H groups in total. The van der Waals surface area contributed by atoms with Gasteiger partial charge in [-0.2, -0.15) is 0 Å². The van der Waals surface area contributed by atoms with Crippen molar-refractivity contribution in [2.24, 2.45) is 5.41 Å². The minimum absolute atomic E-state index is 0.213. The zero-order chi connectivity index (χ0) is 27.7. The second-order valence-corrected chi connectivity index (χ2v) is 9.52. The van der Waals surface area contributed by atoms with E-state index >= 15 is 0 Å². The second kappa shape index (κ2) is 17.0. The van der Waals surface area contributed by atoms with Gasteiger partial charge in [-0.3, -0.25) is 4.79 Å². The third-order valence-corrected chi connectivity index (χ3v) is 4.84. The molecular formula is C27H40N2O8. The van der Waals surface area contributed by atoms with Gasteiger partial charge in [0.2, 0.25) is 0 Å². The van der Waals surface area contributed by atoms with Crippen LogP contribution in [0, 0.1) is 5.41 Å². The molecule has 37 heavy (non-hydrogen) atoms. The summed E-state index contributed by atoms with van der Waals surface area (Å²) in [6.45, 7) is 12.0. The predicted molar refractivity (Wildman–Crippen MR) is 137 cm³/mol. The Morgan fingerprint density at radius 1 is 0.757 bits per heavy atom. The number of carbonyl (C=O) groups is 4. The Balaban J connectivity index is 2.17.